The van der Waals surface area contributed by atoms with Crippen molar-refractivity contribution in [2.24, 2.45) is 7.05 Å². The van der Waals surface area contributed by atoms with Gasteiger partial charge in [0.15, 0.2) is 5.78 Å². The van der Waals surface area contributed by atoms with Gasteiger partial charge in [-0.15, -0.1) is 0 Å². The smallest absolute Gasteiger partial charge is 0.155 e. The number of nitrogens with zero attached hydrogens (tertiary/aromatic N) is 6. The molecule has 2 aliphatic heterocycles. The summed E-state index contributed by atoms with van der Waals surface area (Å²) in [6, 6.07) is 12.5. The Labute approximate surface area is 191 Å². The van der Waals surface area contributed by atoms with Crippen LogP contribution >= 0.6 is 0 Å². The summed E-state index contributed by atoms with van der Waals surface area (Å²) >= 11 is 0. The van der Waals surface area contributed by atoms with Crippen molar-refractivity contribution in [1.82, 2.24) is 24.5 Å². The highest BCUT2D eigenvalue weighted by Gasteiger charge is 2.42. The first kappa shape index (κ1) is 20.0. The molecule has 3 aromatic heterocycles. The molecule has 8 nitrogen and oxygen atoms in total. The van der Waals surface area contributed by atoms with Crippen molar-refractivity contribution < 1.29 is 9.53 Å². The van der Waals surface area contributed by atoms with Crippen molar-refractivity contribution in [2.45, 2.75) is 44.3 Å². The third-order valence-electron chi connectivity index (χ3n) is 6.91. The number of piperidine rings is 1. The van der Waals surface area contributed by atoms with Crippen LogP contribution in [0.4, 0.5) is 5.82 Å². The van der Waals surface area contributed by atoms with Gasteiger partial charge in [0.25, 0.3) is 0 Å². The number of ether oxygens (including phenoxy) is 1. The number of Topliss-reactive ketones (excluding diaryl/α,β-unsaturated/α-hetero) is 1. The quantitative estimate of drug-likeness (QED) is 0.470. The maximum Gasteiger partial charge on any atom is 0.155 e. The van der Waals surface area contributed by atoms with Crippen LogP contribution in [0.15, 0.2) is 48.8 Å². The van der Waals surface area contributed by atoms with Gasteiger partial charge in [0.1, 0.15) is 22.8 Å². The molecule has 2 atom stereocenters. The number of methoxy groups -OCH3 is 1. The number of carbonyl (C=O) groups excluding carboxylic acids is 1. The van der Waals surface area contributed by atoms with Crippen LogP contribution in [0.5, 0.6) is 5.75 Å². The second-order valence-corrected chi connectivity index (χ2v) is 8.95. The number of benzene rings is 1. The summed E-state index contributed by atoms with van der Waals surface area (Å²) < 4.78 is 9.05. The van der Waals surface area contributed by atoms with Crippen LogP contribution in [0.2, 0.25) is 0 Å². The Morgan fingerprint density at radius 1 is 1.09 bits per heavy atom. The Morgan fingerprint density at radius 3 is 2.70 bits per heavy atom. The van der Waals surface area contributed by atoms with E-state index in [9.17, 15) is 4.79 Å². The minimum absolute atomic E-state index is 0.0371. The van der Waals surface area contributed by atoms with Gasteiger partial charge >= 0.3 is 0 Å². The molecule has 1 aromatic carbocycles. The number of hydrogen-bond acceptors (Lipinski definition) is 6. The highest BCUT2D eigenvalue weighted by molar-refractivity contribution is 5.93. The van der Waals surface area contributed by atoms with Crippen LogP contribution in [0.1, 0.15) is 31.2 Å². The van der Waals surface area contributed by atoms with E-state index in [1.807, 2.05) is 42.3 Å². The molecule has 0 amide bonds. The normalized spacial score (nSPS) is 20.1. The number of aromatic nitrogens is 5. The summed E-state index contributed by atoms with van der Waals surface area (Å²) in [6.45, 7) is 0.620. The van der Waals surface area contributed by atoms with Crippen LogP contribution in [0.25, 0.3) is 22.3 Å². The van der Waals surface area contributed by atoms with Crippen LogP contribution in [0.3, 0.4) is 0 Å². The number of aryl methyl sites for hydroxylation is 1. The number of carbonyl (C=O) groups is 1. The first-order valence-corrected chi connectivity index (χ1v) is 11.4. The van der Waals surface area contributed by atoms with Crippen LogP contribution in [-0.2, 0) is 18.4 Å². The predicted molar refractivity (Wildman–Crippen MR) is 125 cm³/mol. The van der Waals surface area contributed by atoms with E-state index in [0.717, 1.165) is 58.7 Å². The van der Waals surface area contributed by atoms with Crippen molar-refractivity contribution in [3.63, 3.8) is 0 Å². The zero-order valence-electron chi connectivity index (χ0n) is 18.8. The molecule has 168 valence electrons. The number of fused-ring (bicyclic) bond motifs is 3. The van der Waals surface area contributed by atoms with Gasteiger partial charge in [-0.2, -0.15) is 10.2 Å². The van der Waals surface area contributed by atoms with Crippen molar-refractivity contribution in [1.29, 1.82) is 0 Å². The maximum atomic E-state index is 12.5. The van der Waals surface area contributed by atoms with E-state index in [0.29, 0.717) is 24.8 Å². The summed E-state index contributed by atoms with van der Waals surface area (Å²) in [5.41, 5.74) is 4.67. The van der Waals surface area contributed by atoms with E-state index >= 15 is 0 Å². The standard InChI is InChI=1S/C25H26N6O2/c1-29-15-17(13-26-29)24-25-21(30(28-24)14-16-3-7-19(33-2)8-4-16)10-12-23(27-25)31-18-5-9-20(31)22(32)11-6-18/h3-4,7-8,10,12-13,15,18,20H,5-6,9,11,14H2,1-2H3. The molecule has 33 heavy (non-hydrogen) atoms. The molecule has 2 saturated heterocycles. The Balaban J connectivity index is 1.45. The monoisotopic (exact) mass is 442 g/mol. The molecule has 2 unspecified atom stereocenters. The molecule has 5 heterocycles. The van der Waals surface area contributed by atoms with Gasteiger partial charge in [-0.05, 0) is 49.1 Å². The van der Waals surface area contributed by atoms with E-state index in [4.69, 9.17) is 14.8 Å². The summed E-state index contributed by atoms with van der Waals surface area (Å²) in [5.74, 6) is 2.04. The number of rotatable bonds is 5. The molecule has 0 spiro atoms. The molecule has 0 N–H and O–H groups in total. The van der Waals surface area contributed by atoms with E-state index in [-0.39, 0.29) is 6.04 Å². The zero-order valence-corrected chi connectivity index (χ0v) is 18.8. The molecule has 2 fully saturated rings. The fourth-order valence-corrected chi connectivity index (χ4v) is 5.26. The lowest BCUT2D eigenvalue weighted by Gasteiger charge is -2.34. The van der Waals surface area contributed by atoms with Gasteiger partial charge in [-0.25, -0.2) is 4.98 Å². The summed E-state index contributed by atoms with van der Waals surface area (Å²) in [4.78, 5) is 19.9. The fourth-order valence-electron chi connectivity index (χ4n) is 5.26. The molecule has 0 aliphatic carbocycles. The third-order valence-corrected chi connectivity index (χ3v) is 6.91. The largest absolute Gasteiger partial charge is 0.497 e. The Kier molecular flexibility index (Phi) is 4.67. The topological polar surface area (TPSA) is 78.1 Å². The number of pyridine rings is 1. The van der Waals surface area contributed by atoms with Crippen molar-refractivity contribution >= 4 is 22.6 Å². The van der Waals surface area contributed by atoms with Gasteiger partial charge in [0.05, 0.1) is 31.4 Å². The number of ketones is 1. The minimum atomic E-state index is -0.0371. The van der Waals surface area contributed by atoms with Crippen LogP contribution < -0.4 is 9.64 Å². The van der Waals surface area contributed by atoms with E-state index in [2.05, 4.69) is 28.2 Å². The first-order chi connectivity index (χ1) is 16.1. The van der Waals surface area contributed by atoms with Gasteiger partial charge in [-0.3, -0.25) is 14.2 Å². The summed E-state index contributed by atoms with van der Waals surface area (Å²) in [6.07, 6.45) is 7.37. The molecule has 6 rings (SSSR count). The van der Waals surface area contributed by atoms with Crippen LogP contribution in [-0.4, -0.2) is 49.5 Å². The van der Waals surface area contributed by atoms with E-state index < -0.39 is 0 Å². The molecular weight excluding hydrogens is 416 g/mol. The molecule has 0 saturated carbocycles. The lowest BCUT2D eigenvalue weighted by molar-refractivity contribution is -0.121. The van der Waals surface area contributed by atoms with Crippen molar-refractivity contribution in [3.8, 4) is 17.0 Å². The molecular formula is C25H26N6O2. The van der Waals surface area contributed by atoms with Gasteiger partial charge in [0.2, 0.25) is 0 Å². The Hall–Kier alpha value is -3.68. The predicted octanol–water partition coefficient (Wildman–Crippen LogP) is 3.59. The summed E-state index contributed by atoms with van der Waals surface area (Å²) in [7, 11) is 3.57. The second kappa shape index (κ2) is 7.72. The average Bonchev–Trinajstić information content (AvgIpc) is 3.51. The third kappa shape index (κ3) is 3.37. The minimum Gasteiger partial charge on any atom is -0.497 e. The maximum absolute atomic E-state index is 12.5. The first-order valence-electron chi connectivity index (χ1n) is 11.4. The second-order valence-electron chi connectivity index (χ2n) is 8.95. The fraction of sp³-hybridized carbons (Fsp3) is 0.360. The van der Waals surface area contributed by atoms with Gasteiger partial charge in [0, 0.05) is 31.3 Å². The SMILES string of the molecule is COc1ccc(Cn2nc(-c3cnn(C)c3)c3nc(N4C5CCC(=O)C4CC5)ccc32)cc1. The Morgan fingerprint density at radius 2 is 1.94 bits per heavy atom. The summed E-state index contributed by atoms with van der Waals surface area (Å²) in [5, 5.41) is 9.29. The van der Waals surface area contributed by atoms with E-state index in [1.54, 1.807) is 11.8 Å². The number of hydrogen-bond donors (Lipinski definition) is 0. The highest BCUT2D eigenvalue weighted by atomic mass is 16.5. The molecule has 8 heteroatoms. The average molecular weight is 443 g/mol. The molecule has 2 bridgehead atoms. The molecule has 2 aliphatic rings. The van der Waals surface area contributed by atoms with Crippen LogP contribution in [0, 0.1) is 0 Å². The Bertz CT molecular complexity index is 1340. The van der Waals surface area contributed by atoms with Crippen molar-refractivity contribution in [3.05, 3.63) is 54.4 Å². The van der Waals surface area contributed by atoms with Gasteiger partial charge in [-0.1, -0.05) is 12.1 Å². The number of anilines is 1. The molecule has 4 aromatic rings. The zero-order chi connectivity index (χ0) is 22.5. The van der Waals surface area contributed by atoms with Gasteiger partial charge < -0.3 is 9.64 Å². The van der Waals surface area contributed by atoms with E-state index in [1.165, 1.54) is 0 Å². The lowest BCUT2D eigenvalue weighted by Crippen LogP contribution is -2.45. The molecule has 0 radical (unpaired) electrons. The highest BCUT2D eigenvalue weighted by Crippen LogP contribution is 2.38. The lowest BCUT2D eigenvalue weighted by atomic mass is 10.0. The van der Waals surface area contributed by atoms with Crippen molar-refractivity contribution in [2.75, 3.05) is 12.0 Å².